The Balaban J connectivity index is 1.76. The predicted octanol–water partition coefficient (Wildman–Crippen LogP) is 2.56. The van der Waals surface area contributed by atoms with Crippen LogP contribution in [0.1, 0.15) is 15.9 Å². The predicted molar refractivity (Wildman–Crippen MR) is 94.4 cm³/mol. The zero-order valence-corrected chi connectivity index (χ0v) is 14.1. The highest BCUT2D eigenvalue weighted by Crippen LogP contribution is 2.11. The van der Waals surface area contributed by atoms with Crippen LogP contribution >= 0.6 is 0 Å². The van der Waals surface area contributed by atoms with Gasteiger partial charge in [0.25, 0.3) is 5.91 Å². The molecule has 0 bridgehead atoms. The second kappa shape index (κ2) is 8.21. The molecule has 0 atom stereocenters. The number of carbonyl (C=O) groups is 1. The maximum absolute atomic E-state index is 12.9. The molecule has 2 aromatic heterocycles. The third-order valence-corrected chi connectivity index (χ3v) is 3.83. The van der Waals surface area contributed by atoms with E-state index in [0.29, 0.717) is 25.3 Å². The van der Waals surface area contributed by atoms with Crippen LogP contribution in [-0.4, -0.2) is 45.6 Å². The largest absolute Gasteiger partial charge is 0.383 e. The number of ether oxygens (including phenoxy) is 1. The van der Waals surface area contributed by atoms with Crippen molar-refractivity contribution in [1.29, 1.82) is 0 Å². The van der Waals surface area contributed by atoms with Crippen molar-refractivity contribution < 1.29 is 9.53 Å². The van der Waals surface area contributed by atoms with Crippen molar-refractivity contribution in [2.24, 2.45) is 0 Å². The number of amides is 1. The van der Waals surface area contributed by atoms with Gasteiger partial charge in [-0.05, 0) is 17.7 Å². The molecule has 0 aliphatic carbocycles. The number of carbonyl (C=O) groups excluding carboxylic acids is 1. The standard InChI is InChI=1S/C19H20N4O2/c1-25-12-11-22(14-16-5-3-2-4-6-16)19(24)17-7-8-18(21-13-17)23-10-9-20-15-23/h2-10,13,15H,11-12,14H2,1H3. The number of nitrogens with zero attached hydrogens (tertiary/aromatic N) is 4. The summed E-state index contributed by atoms with van der Waals surface area (Å²) >= 11 is 0. The molecule has 0 aliphatic heterocycles. The lowest BCUT2D eigenvalue weighted by Crippen LogP contribution is -2.33. The number of methoxy groups -OCH3 is 1. The third kappa shape index (κ3) is 4.30. The van der Waals surface area contributed by atoms with E-state index >= 15 is 0 Å². The van der Waals surface area contributed by atoms with E-state index in [4.69, 9.17) is 4.74 Å². The first-order valence-electron chi connectivity index (χ1n) is 8.04. The van der Waals surface area contributed by atoms with Gasteiger partial charge in [0.15, 0.2) is 0 Å². The summed E-state index contributed by atoms with van der Waals surface area (Å²) in [5.74, 6) is 0.658. The quantitative estimate of drug-likeness (QED) is 0.665. The fourth-order valence-electron chi connectivity index (χ4n) is 2.50. The molecule has 1 aromatic carbocycles. The summed E-state index contributed by atoms with van der Waals surface area (Å²) in [4.78, 5) is 23.0. The second-order valence-corrected chi connectivity index (χ2v) is 5.58. The van der Waals surface area contributed by atoms with Crippen LogP contribution in [0.25, 0.3) is 5.82 Å². The van der Waals surface area contributed by atoms with Crippen molar-refractivity contribution in [2.75, 3.05) is 20.3 Å². The monoisotopic (exact) mass is 336 g/mol. The van der Waals surface area contributed by atoms with Gasteiger partial charge in [0.05, 0.1) is 12.2 Å². The van der Waals surface area contributed by atoms with E-state index in [0.717, 1.165) is 11.4 Å². The molecule has 0 aliphatic rings. The van der Waals surface area contributed by atoms with Gasteiger partial charge in [-0.2, -0.15) is 0 Å². The van der Waals surface area contributed by atoms with Crippen molar-refractivity contribution in [3.05, 3.63) is 78.5 Å². The number of pyridine rings is 1. The second-order valence-electron chi connectivity index (χ2n) is 5.58. The van der Waals surface area contributed by atoms with Crippen LogP contribution in [0, 0.1) is 0 Å². The molecule has 3 rings (SSSR count). The maximum atomic E-state index is 12.9. The Hall–Kier alpha value is -2.99. The van der Waals surface area contributed by atoms with Gasteiger partial charge in [0, 0.05) is 38.8 Å². The number of aromatic nitrogens is 3. The van der Waals surface area contributed by atoms with E-state index in [9.17, 15) is 4.79 Å². The Morgan fingerprint density at radius 3 is 2.68 bits per heavy atom. The van der Waals surface area contributed by atoms with Gasteiger partial charge >= 0.3 is 0 Å². The molecule has 1 amide bonds. The molecule has 0 radical (unpaired) electrons. The van der Waals surface area contributed by atoms with Crippen molar-refractivity contribution in [3.8, 4) is 5.82 Å². The minimum atomic E-state index is -0.0643. The fourth-order valence-corrected chi connectivity index (χ4v) is 2.50. The molecule has 0 fully saturated rings. The summed E-state index contributed by atoms with van der Waals surface area (Å²) in [7, 11) is 1.63. The Labute approximate surface area is 146 Å². The Morgan fingerprint density at radius 1 is 1.20 bits per heavy atom. The molecule has 3 aromatic rings. The van der Waals surface area contributed by atoms with Gasteiger partial charge in [0.1, 0.15) is 12.1 Å². The topological polar surface area (TPSA) is 60.2 Å². The third-order valence-electron chi connectivity index (χ3n) is 3.83. The number of imidazole rings is 1. The molecule has 6 heteroatoms. The lowest BCUT2D eigenvalue weighted by atomic mass is 10.2. The van der Waals surface area contributed by atoms with Crippen LogP contribution in [0.3, 0.4) is 0 Å². The molecule has 6 nitrogen and oxygen atoms in total. The van der Waals surface area contributed by atoms with Crippen molar-refractivity contribution >= 4 is 5.91 Å². The van der Waals surface area contributed by atoms with Gasteiger partial charge in [-0.25, -0.2) is 9.97 Å². The van der Waals surface area contributed by atoms with Gasteiger partial charge in [-0.1, -0.05) is 30.3 Å². The first kappa shape index (κ1) is 16.9. The number of benzene rings is 1. The molecule has 0 unspecified atom stereocenters. The number of hydrogen-bond donors (Lipinski definition) is 0. The summed E-state index contributed by atoms with van der Waals surface area (Å²) < 4.78 is 6.94. The van der Waals surface area contributed by atoms with E-state index in [2.05, 4.69) is 9.97 Å². The summed E-state index contributed by atoms with van der Waals surface area (Å²) in [6.07, 6.45) is 6.77. The molecular formula is C19H20N4O2. The Morgan fingerprint density at radius 2 is 2.04 bits per heavy atom. The maximum Gasteiger partial charge on any atom is 0.255 e. The highest BCUT2D eigenvalue weighted by Gasteiger charge is 2.16. The van der Waals surface area contributed by atoms with E-state index < -0.39 is 0 Å². The average molecular weight is 336 g/mol. The van der Waals surface area contributed by atoms with E-state index in [1.807, 2.05) is 42.6 Å². The number of hydrogen-bond acceptors (Lipinski definition) is 4. The van der Waals surface area contributed by atoms with E-state index in [1.54, 1.807) is 41.4 Å². The Bertz CT molecular complexity index is 786. The fraction of sp³-hybridized carbons (Fsp3) is 0.211. The first-order chi connectivity index (χ1) is 12.3. The van der Waals surface area contributed by atoms with Gasteiger partial charge < -0.3 is 9.64 Å². The zero-order valence-electron chi connectivity index (χ0n) is 14.1. The molecule has 0 N–H and O–H groups in total. The summed E-state index contributed by atoms with van der Waals surface area (Å²) in [6.45, 7) is 1.54. The minimum absolute atomic E-state index is 0.0643. The molecule has 25 heavy (non-hydrogen) atoms. The van der Waals surface area contributed by atoms with Gasteiger partial charge in [0.2, 0.25) is 0 Å². The number of rotatable bonds is 7. The molecule has 0 saturated heterocycles. The molecular weight excluding hydrogens is 316 g/mol. The van der Waals surface area contributed by atoms with Gasteiger partial charge in [-0.3, -0.25) is 9.36 Å². The smallest absolute Gasteiger partial charge is 0.255 e. The van der Waals surface area contributed by atoms with Crippen molar-refractivity contribution in [3.63, 3.8) is 0 Å². The zero-order chi connectivity index (χ0) is 17.5. The van der Waals surface area contributed by atoms with Gasteiger partial charge in [-0.15, -0.1) is 0 Å². The van der Waals surface area contributed by atoms with Crippen LogP contribution in [0.5, 0.6) is 0 Å². The van der Waals surface area contributed by atoms with Crippen LogP contribution < -0.4 is 0 Å². The van der Waals surface area contributed by atoms with Crippen LogP contribution in [0.2, 0.25) is 0 Å². The molecule has 128 valence electrons. The molecule has 2 heterocycles. The van der Waals surface area contributed by atoms with Crippen molar-refractivity contribution in [1.82, 2.24) is 19.4 Å². The first-order valence-corrected chi connectivity index (χ1v) is 8.04. The highest BCUT2D eigenvalue weighted by molar-refractivity contribution is 5.94. The normalized spacial score (nSPS) is 10.6. The molecule has 0 spiro atoms. The average Bonchev–Trinajstić information content (AvgIpc) is 3.20. The van der Waals surface area contributed by atoms with Crippen molar-refractivity contribution in [2.45, 2.75) is 6.54 Å². The minimum Gasteiger partial charge on any atom is -0.383 e. The lowest BCUT2D eigenvalue weighted by Gasteiger charge is -2.22. The summed E-state index contributed by atoms with van der Waals surface area (Å²) in [5.41, 5.74) is 1.63. The lowest BCUT2D eigenvalue weighted by molar-refractivity contribution is 0.0680. The molecule has 0 saturated carbocycles. The summed E-state index contributed by atoms with van der Waals surface area (Å²) in [5, 5.41) is 0. The van der Waals surface area contributed by atoms with Crippen LogP contribution in [0.4, 0.5) is 0 Å². The highest BCUT2D eigenvalue weighted by atomic mass is 16.5. The SMILES string of the molecule is COCCN(Cc1ccccc1)C(=O)c1ccc(-n2ccnc2)nc1. The summed E-state index contributed by atoms with van der Waals surface area (Å²) in [6, 6.07) is 13.5. The van der Waals surface area contributed by atoms with E-state index in [-0.39, 0.29) is 5.91 Å². The Kier molecular flexibility index (Phi) is 5.53. The van der Waals surface area contributed by atoms with Crippen LogP contribution in [-0.2, 0) is 11.3 Å². The van der Waals surface area contributed by atoms with Crippen LogP contribution in [0.15, 0.2) is 67.4 Å². The van der Waals surface area contributed by atoms with E-state index in [1.165, 1.54) is 0 Å².